The second kappa shape index (κ2) is 4.04. The molecule has 0 bridgehead atoms. The van der Waals surface area contributed by atoms with Crippen molar-refractivity contribution in [3.63, 3.8) is 0 Å². The van der Waals surface area contributed by atoms with E-state index in [0.717, 1.165) is 5.46 Å². The molecule has 1 heterocycles. The first-order valence-electron chi connectivity index (χ1n) is 4.58. The third-order valence-electron chi connectivity index (χ3n) is 2.19. The standard InChI is InChI=1S/C11H8BNO2/c14-13(15)11-7-2-1-5-9(11)10-6-3-4-8-12-10/h1-8H. The van der Waals surface area contributed by atoms with Crippen LogP contribution in [0.25, 0.3) is 11.0 Å². The van der Waals surface area contributed by atoms with Gasteiger partial charge in [-0.25, -0.2) is 0 Å². The van der Waals surface area contributed by atoms with Gasteiger partial charge in [0.2, 0.25) is 0 Å². The van der Waals surface area contributed by atoms with E-state index in [-0.39, 0.29) is 10.6 Å². The second-order valence-electron chi connectivity index (χ2n) is 3.14. The van der Waals surface area contributed by atoms with Gasteiger partial charge in [0.25, 0.3) is 0 Å². The quantitative estimate of drug-likeness (QED) is 0.548. The molecule has 3 nitrogen and oxygen atoms in total. The minimum atomic E-state index is -0.359. The fourth-order valence-corrected chi connectivity index (χ4v) is 1.49. The van der Waals surface area contributed by atoms with Crippen molar-refractivity contribution in [1.29, 1.82) is 0 Å². The maximum atomic E-state index is 10.8. The molecule has 0 spiro atoms. The van der Waals surface area contributed by atoms with Gasteiger partial charge in [-0.1, -0.05) is 0 Å². The van der Waals surface area contributed by atoms with E-state index in [9.17, 15) is 10.1 Å². The van der Waals surface area contributed by atoms with Gasteiger partial charge in [-0.2, -0.15) is 0 Å². The number of nitro benzene ring substituents is 1. The van der Waals surface area contributed by atoms with Crippen molar-refractivity contribution >= 4 is 12.6 Å². The summed E-state index contributed by atoms with van der Waals surface area (Å²) in [6.07, 6.45) is 0. The average Bonchev–Trinajstić information content (AvgIpc) is 2.30. The molecule has 0 saturated carbocycles. The SMILES string of the molecule is O=[N+]([O-])c1ccccc1-c1bcccc1. The average molecular weight is 197 g/mol. The van der Waals surface area contributed by atoms with Crippen LogP contribution in [-0.4, -0.2) is 11.8 Å². The Labute approximate surface area is 87.7 Å². The molecule has 0 aliphatic rings. The van der Waals surface area contributed by atoms with Crippen LogP contribution < -0.4 is 0 Å². The summed E-state index contributed by atoms with van der Waals surface area (Å²) in [5.74, 6) is 1.87. The molecule has 0 radical (unpaired) electrons. The van der Waals surface area contributed by atoms with Gasteiger partial charge in [0, 0.05) is 0 Å². The molecule has 2 rings (SSSR count). The number of hydrogen-bond acceptors (Lipinski definition) is 2. The van der Waals surface area contributed by atoms with E-state index in [1.54, 1.807) is 18.2 Å². The Morgan fingerprint density at radius 1 is 1.07 bits per heavy atom. The van der Waals surface area contributed by atoms with Crippen LogP contribution >= 0.6 is 0 Å². The zero-order valence-electron chi connectivity index (χ0n) is 7.96. The van der Waals surface area contributed by atoms with E-state index < -0.39 is 0 Å². The van der Waals surface area contributed by atoms with Gasteiger partial charge in [0.15, 0.2) is 0 Å². The summed E-state index contributed by atoms with van der Waals surface area (Å²) in [5, 5.41) is 10.8. The summed E-state index contributed by atoms with van der Waals surface area (Å²) < 4.78 is 0. The van der Waals surface area contributed by atoms with Crippen molar-refractivity contribution in [2.75, 3.05) is 0 Å². The minimum absolute atomic E-state index is 0.142. The second-order valence-corrected chi connectivity index (χ2v) is 3.14. The van der Waals surface area contributed by atoms with Crippen LogP contribution in [0.2, 0.25) is 0 Å². The summed E-state index contributed by atoms with van der Waals surface area (Å²) in [5.41, 5.74) is 1.66. The zero-order valence-corrected chi connectivity index (χ0v) is 7.96. The first-order chi connectivity index (χ1) is 7.29. The van der Waals surface area contributed by atoms with Crippen LogP contribution in [0.3, 0.4) is 0 Å². The molecule has 1 aromatic heterocycles. The number of benzene rings is 1. The molecule has 0 atom stereocenters. The molecular weight excluding hydrogens is 189 g/mol. The molecular formula is C11H8BNO2. The number of para-hydroxylation sites is 1. The number of nitrogens with zero attached hydrogens (tertiary/aromatic N) is 1. The third-order valence-corrected chi connectivity index (χ3v) is 2.19. The van der Waals surface area contributed by atoms with Gasteiger partial charge >= 0.3 is 87.1 Å². The summed E-state index contributed by atoms with van der Waals surface area (Å²) >= 11 is 0. The summed E-state index contributed by atoms with van der Waals surface area (Å²) in [6.45, 7) is 1.86. The normalized spacial score (nSPS) is 9.60. The Morgan fingerprint density at radius 3 is 2.47 bits per heavy atom. The van der Waals surface area contributed by atoms with Crippen molar-refractivity contribution in [2.24, 2.45) is 0 Å². The van der Waals surface area contributed by atoms with E-state index in [1.807, 2.05) is 31.1 Å². The van der Waals surface area contributed by atoms with Crippen LogP contribution in [0.5, 0.6) is 0 Å². The van der Waals surface area contributed by atoms with Gasteiger partial charge in [-0.15, -0.1) is 0 Å². The summed E-state index contributed by atoms with van der Waals surface area (Å²) in [4.78, 5) is 10.4. The molecule has 1 aromatic carbocycles. The Balaban J connectivity index is 2.58. The number of nitro groups is 1. The van der Waals surface area contributed by atoms with E-state index in [0.29, 0.717) is 5.56 Å². The molecule has 0 aliphatic heterocycles. The van der Waals surface area contributed by atoms with Crippen LogP contribution in [0.1, 0.15) is 0 Å². The predicted octanol–water partition coefficient (Wildman–Crippen LogP) is 2.60. The van der Waals surface area contributed by atoms with Crippen molar-refractivity contribution in [2.45, 2.75) is 0 Å². The van der Waals surface area contributed by atoms with Crippen molar-refractivity contribution in [3.8, 4) is 11.0 Å². The first-order valence-corrected chi connectivity index (χ1v) is 4.58. The molecule has 0 saturated heterocycles. The number of hydrogen-bond donors (Lipinski definition) is 0. The Morgan fingerprint density at radius 2 is 1.80 bits per heavy atom. The Hall–Kier alpha value is -1.97. The molecule has 15 heavy (non-hydrogen) atoms. The van der Waals surface area contributed by atoms with E-state index in [2.05, 4.69) is 0 Å². The Bertz CT molecular complexity index is 485. The van der Waals surface area contributed by atoms with E-state index in [4.69, 9.17) is 0 Å². The number of rotatable bonds is 2. The van der Waals surface area contributed by atoms with Crippen LogP contribution in [0.4, 0.5) is 5.69 Å². The molecule has 0 aliphatic carbocycles. The van der Waals surface area contributed by atoms with Gasteiger partial charge < -0.3 is 0 Å². The van der Waals surface area contributed by atoms with Crippen LogP contribution in [0.15, 0.2) is 48.4 Å². The monoisotopic (exact) mass is 197 g/mol. The fourth-order valence-electron chi connectivity index (χ4n) is 1.49. The van der Waals surface area contributed by atoms with Gasteiger partial charge in [-0.05, 0) is 0 Å². The third kappa shape index (κ3) is 1.93. The van der Waals surface area contributed by atoms with Crippen molar-refractivity contribution < 1.29 is 4.92 Å². The van der Waals surface area contributed by atoms with Crippen molar-refractivity contribution in [1.82, 2.24) is 0 Å². The molecule has 0 N–H and O–H groups in total. The molecule has 0 fully saturated rings. The van der Waals surface area contributed by atoms with Crippen LogP contribution in [-0.2, 0) is 0 Å². The van der Waals surface area contributed by atoms with Crippen LogP contribution in [0, 0.1) is 10.1 Å². The van der Waals surface area contributed by atoms with Gasteiger partial charge in [0.1, 0.15) is 0 Å². The summed E-state index contributed by atoms with van der Waals surface area (Å²) in [7, 11) is 0. The molecule has 0 unspecified atom stereocenters. The molecule has 2 aromatic rings. The predicted molar refractivity (Wildman–Crippen MR) is 59.9 cm³/mol. The topological polar surface area (TPSA) is 43.1 Å². The fraction of sp³-hybridized carbons (Fsp3) is 0. The maximum absolute atomic E-state index is 10.8. The molecule has 0 amide bonds. The molecule has 72 valence electrons. The first kappa shape index (κ1) is 9.58. The van der Waals surface area contributed by atoms with E-state index >= 15 is 0 Å². The summed E-state index contributed by atoms with van der Waals surface area (Å²) in [6, 6.07) is 12.4. The van der Waals surface area contributed by atoms with Gasteiger partial charge in [-0.3, -0.25) is 0 Å². The Kier molecular flexibility index (Phi) is 2.58. The zero-order chi connectivity index (χ0) is 10.7. The van der Waals surface area contributed by atoms with Crippen molar-refractivity contribution in [3.05, 3.63) is 58.5 Å². The molecule has 4 heteroatoms. The van der Waals surface area contributed by atoms with Gasteiger partial charge in [0.05, 0.1) is 0 Å². The van der Waals surface area contributed by atoms with E-state index in [1.165, 1.54) is 6.07 Å².